The molecule has 0 bridgehead atoms. The highest BCUT2D eigenvalue weighted by Crippen LogP contribution is 2.38. The third kappa shape index (κ3) is 4.83. The number of hydrogen-bond acceptors (Lipinski definition) is 6. The Morgan fingerprint density at radius 1 is 1.00 bits per heavy atom. The van der Waals surface area contributed by atoms with Crippen molar-refractivity contribution in [2.45, 2.75) is 52.0 Å². The molecule has 1 amide bonds. The Kier molecular flexibility index (Phi) is 7.50. The average molecular weight is 502 g/mol. The van der Waals surface area contributed by atoms with Crippen molar-refractivity contribution in [3.05, 3.63) is 54.5 Å². The lowest BCUT2D eigenvalue weighted by Crippen LogP contribution is -2.40. The van der Waals surface area contributed by atoms with E-state index >= 15 is 0 Å². The van der Waals surface area contributed by atoms with Crippen LogP contribution in [0, 0.1) is 0 Å². The van der Waals surface area contributed by atoms with Crippen LogP contribution in [0.4, 0.5) is 5.82 Å². The summed E-state index contributed by atoms with van der Waals surface area (Å²) in [5.41, 5.74) is 11.5. The molecule has 2 aliphatic rings. The zero-order valence-corrected chi connectivity index (χ0v) is 21.6. The number of aromatic nitrogens is 5. The number of benzene rings is 1. The minimum absolute atomic E-state index is 0.0146. The maximum atomic E-state index is 13.1. The predicted octanol–water partition coefficient (Wildman–Crippen LogP) is 4.85. The normalized spacial score (nSPS) is 16.4. The smallest absolute Gasteiger partial charge is 0.254 e. The zero-order valence-electron chi connectivity index (χ0n) is 21.6. The van der Waals surface area contributed by atoms with E-state index in [0.717, 1.165) is 40.9 Å². The van der Waals surface area contributed by atoms with Gasteiger partial charge in [-0.05, 0) is 37.1 Å². The van der Waals surface area contributed by atoms with Crippen LogP contribution in [0.3, 0.4) is 0 Å². The lowest BCUT2D eigenvalue weighted by atomic mass is 9.95. The molecule has 3 aromatic heterocycles. The van der Waals surface area contributed by atoms with Crippen molar-refractivity contribution < 1.29 is 9.53 Å². The van der Waals surface area contributed by atoms with Gasteiger partial charge in [0, 0.05) is 36.0 Å². The summed E-state index contributed by atoms with van der Waals surface area (Å²) in [5, 5.41) is 9.23. The van der Waals surface area contributed by atoms with E-state index in [2.05, 4.69) is 25.9 Å². The average Bonchev–Trinajstić information content (AvgIpc) is 3.61. The molecule has 0 radical (unpaired) electrons. The molecular formula is C28H35N7O2. The first-order chi connectivity index (χ1) is 18.2. The van der Waals surface area contributed by atoms with E-state index in [4.69, 9.17) is 10.5 Å². The van der Waals surface area contributed by atoms with Crippen molar-refractivity contribution in [3.8, 4) is 22.5 Å². The van der Waals surface area contributed by atoms with Crippen molar-refractivity contribution >= 4 is 17.2 Å². The Hall–Kier alpha value is -3.72. The molecule has 0 atom stereocenters. The Bertz CT molecular complexity index is 1360. The van der Waals surface area contributed by atoms with E-state index < -0.39 is 0 Å². The fraction of sp³-hybridized carbons (Fsp3) is 0.429. The van der Waals surface area contributed by atoms with Gasteiger partial charge in [-0.25, -0.2) is 9.50 Å². The highest BCUT2D eigenvalue weighted by molar-refractivity contribution is 5.96. The monoisotopic (exact) mass is 501 g/mol. The highest BCUT2D eigenvalue weighted by Gasteiger charge is 2.24. The molecule has 0 unspecified atom stereocenters. The van der Waals surface area contributed by atoms with Crippen LogP contribution in [0.5, 0.6) is 0 Å². The van der Waals surface area contributed by atoms with Crippen LogP contribution in [-0.4, -0.2) is 61.5 Å². The Labute approximate surface area is 217 Å². The number of nitrogens with two attached hydrogens (primary N) is 1. The minimum Gasteiger partial charge on any atom is -0.382 e. The van der Waals surface area contributed by atoms with E-state index in [9.17, 15) is 4.79 Å². The van der Waals surface area contributed by atoms with Crippen molar-refractivity contribution in [1.82, 2.24) is 29.3 Å². The van der Waals surface area contributed by atoms with Gasteiger partial charge in [-0.15, -0.1) is 0 Å². The van der Waals surface area contributed by atoms with E-state index in [1.807, 2.05) is 59.8 Å². The summed E-state index contributed by atoms with van der Waals surface area (Å²) in [6, 6.07) is 12.2. The quantitative estimate of drug-likeness (QED) is 0.429. The summed E-state index contributed by atoms with van der Waals surface area (Å²) in [4.78, 5) is 19.2. The fourth-order valence-electron chi connectivity index (χ4n) is 5.37. The zero-order chi connectivity index (χ0) is 25.8. The largest absolute Gasteiger partial charge is 0.382 e. The fourth-order valence-corrected chi connectivity index (χ4v) is 5.37. The van der Waals surface area contributed by atoms with E-state index in [-0.39, 0.29) is 5.91 Å². The molecule has 4 aromatic rings. The highest BCUT2D eigenvalue weighted by atomic mass is 16.5. The number of amides is 1. The number of hydrogen-bond donors (Lipinski definition) is 1. The second-order valence-electron chi connectivity index (χ2n) is 9.29. The molecule has 2 fully saturated rings. The van der Waals surface area contributed by atoms with Gasteiger partial charge in [-0.2, -0.15) is 10.2 Å². The van der Waals surface area contributed by atoms with Crippen LogP contribution in [0.2, 0.25) is 0 Å². The molecule has 194 valence electrons. The van der Waals surface area contributed by atoms with Crippen LogP contribution in [0.15, 0.2) is 48.9 Å². The standard InChI is InChI=1S/C26H29N7O2.C2H6/c27-25-24-21(22-9-10-29-32(22)20-7-2-1-3-8-20)16-23(33(24)30-17-28-25)18-5-4-6-19(15-18)26(34)31-11-13-35-14-12-31;1-2/h4-6,9-10,15-17,20H,1-3,7-8,11-14H2,(H2,27,28,30);1-2H3. The molecule has 2 N–H and O–H groups in total. The maximum Gasteiger partial charge on any atom is 0.254 e. The van der Waals surface area contributed by atoms with E-state index in [1.165, 1.54) is 25.6 Å². The lowest BCUT2D eigenvalue weighted by Gasteiger charge is -2.27. The van der Waals surface area contributed by atoms with Crippen molar-refractivity contribution in [2.24, 2.45) is 0 Å². The van der Waals surface area contributed by atoms with Gasteiger partial charge in [0.1, 0.15) is 11.8 Å². The second kappa shape index (κ2) is 11.1. The van der Waals surface area contributed by atoms with Gasteiger partial charge in [0.2, 0.25) is 0 Å². The first-order valence-electron chi connectivity index (χ1n) is 13.3. The summed E-state index contributed by atoms with van der Waals surface area (Å²) in [6.07, 6.45) is 9.32. The number of carbonyl (C=O) groups is 1. The number of fused-ring (bicyclic) bond motifs is 1. The van der Waals surface area contributed by atoms with Crippen molar-refractivity contribution in [3.63, 3.8) is 0 Å². The van der Waals surface area contributed by atoms with Crippen LogP contribution >= 0.6 is 0 Å². The molecular weight excluding hydrogens is 466 g/mol. The number of nitrogens with zero attached hydrogens (tertiary/aromatic N) is 6. The molecule has 4 heterocycles. The van der Waals surface area contributed by atoms with Gasteiger partial charge in [0.15, 0.2) is 5.82 Å². The number of carbonyl (C=O) groups excluding carboxylic acids is 1. The van der Waals surface area contributed by atoms with Crippen LogP contribution in [0.25, 0.3) is 28.0 Å². The van der Waals surface area contributed by atoms with E-state index in [1.54, 1.807) is 0 Å². The molecule has 1 aliphatic heterocycles. The first kappa shape index (κ1) is 25.0. The molecule has 1 saturated heterocycles. The topological polar surface area (TPSA) is 104 Å². The summed E-state index contributed by atoms with van der Waals surface area (Å²) in [6.45, 7) is 6.36. The molecule has 0 spiro atoms. The second-order valence-corrected chi connectivity index (χ2v) is 9.29. The summed E-state index contributed by atoms with van der Waals surface area (Å²) >= 11 is 0. The van der Waals surface area contributed by atoms with Crippen LogP contribution < -0.4 is 5.73 Å². The van der Waals surface area contributed by atoms with Crippen LogP contribution in [-0.2, 0) is 4.74 Å². The lowest BCUT2D eigenvalue weighted by molar-refractivity contribution is 0.0303. The van der Waals surface area contributed by atoms with Gasteiger partial charge < -0.3 is 15.4 Å². The minimum atomic E-state index is 0.0146. The van der Waals surface area contributed by atoms with Gasteiger partial charge in [-0.1, -0.05) is 45.2 Å². The predicted molar refractivity (Wildman–Crippen MR) is 144 cm³/mol. The Balaban J connectivity index is 0.00000137. The van der Waals surface area contributed by atoms with Crippen molar-refractivity contribution in [2.75, 3.05) is 32.0 Å². The third-order valence-electron chi connectivity index (χ3n) is 7.15. The molecule has 9 nitrogen and oxygen atoms in total. The molecule has 1 aromatic carbocycles. The first-order valence-corrected chi connectivity index (χ1v) is 13.3. The number of ether oxygens (including phenoxy) is 1. The van der Waals surface area contributed by atoms with Crippen molar-refractivity contribution in [1.29, 1.82) is 0 Å². The maximum absolute atomic E-state index is 13.1. The SMILES string of the molecule is CC.Nc1ncnn2c(-c3cccc(C(=O)N4CCOCC4)c3)cc(-c3ccnn3C3CCCCC3)c12. The number of morpholine rings is 1. The molecule has 6 rings (SSSR count). The third-order valence-corrected chi connectivity index (χ3v) is 7.15. The number of nitrogen functional groups attached to an aromatic ring is 1. The molecule has 37 heavy (non-hydrogen) atoms. The molecule has 1 aliphatic carbocycles. The molecule has 1 saturated carbocycles. The Morgan fingerprint density at radius 3 is 2.57 bits per heavy atom. The van der Waals surface area contributed by atoms with Crippen LogP contribution in [0.1, 0.15) is 62.4 Å². The number of anilines is 1. The van der Waals surface area contributed by atoms with Gasteiger partial charge in [0.25, 0.3) is 5.91 Å². The van der Waals surface area contributed by atoms with Gasteiger partial charge in [0.05, 0.1) is 30.6 Å². The Morgan fingerprint density at radius 2 is 1.78 bits per heavy atom. The summed E-state index contributed by atoms with van der Waals surface area (Å²) in [5.74, 6) is 0.430. The van der Waals surface area contributed by atoms with Gasteiger partial charge in [-0.3, -0.25) is 9.48 Å². The van der Waals surface area contributed by atoms with E-state index in [0.29, 0.717) is 43.7 Å². The van der Waals surface area contributed by atoms with Gasteiger partial charge >= 0.3 is 0 Å². The number of rotatable bonds is 4. The summed E-state index contributed by atoms with van der Waals surface area (Å²) in [7, 11) is 0. The molecule has 9 heteroatoms. The summed E-state index contributed by atoms with van der Waals surface area (Å²) < 4.78 is 9.37.